The van der Waals surface area contributed by atoms with E-state index in [4.69, 9.17) is 15.0 Å². The van der Waals surface area contributed by atoms with Gasteiger partial charge in [-0.25, -0.2) is 4.98 Å². The van der Waals surface area contributed by atoms with Gasteiger partial charge in [-0.05, 0) is 58.7 Å². The van der Waals surface area contributed by atoms with Gasteiger partial charge in [-0.1, -0.05) is 164 Å². The van der Waals surface area contributed by atoms with Crippen LogP contribution in [0.4, 0.5) is 0 Å². The van der Waals surface area contributed by atoms with Gasteiger partial charge in [0.25, 0.3) is 0 Å². The second kappa shape index (κ2) is 13.0. The van der Waals surface area contributed by atoms with E-state index < -0.39 is 0 Å². The minimum Gasteiger partial charge on any atom is -0.309 e. The van der Waals surface area contributed by atoms with Gasteiger partial charge in [0.1, 0.15) is 0 Å². The lowest BCUT2D eigenvalue weighted by Gasteiger charge is -2.12. The van der Waals surface area contributed by atoms with Gasteiger partial charge in [-0.15, -0.1) is 0 Å². The van der Waals surface area contributed by atoms with Crippen molar-refractivity contribution in [1.29, 1.82) is 0 Å². The second-order valence-electron chi connectivity index (χ2n) is 14.1. The van der Waals surface area contributed by atoms with Crippen molar-refractivity contribution in [2.75, 3.05) is 0 Å². The molecule has 3 aromatic heterocycles. The number of aromatic nitrogens is 5. The summed E-state index contributed by atoms with van der Waals surface area (Å²) in [6.45, 7) is 0. The van der Waals surface area contributed by atoms with E-state index in [0.717, 1.165) is 55.3 Å². The molecule has 0 radical (unpaired) electrons. The molecule has 11 rings (SSSR count). The molecule has 5 heteroatoms. The topological polar surface area (TPSA) is 48.5 Å². The minimum atomic E-state index is 0.569. The molecule has 0 aliphatic carbocycles. The first-order valence-electron chi connectivity index (χ1n) is 18.9. The first-order chi connectivity index (χ1) is 27.8. The molecular weight excluding hydrogens is 683 g/mol. The molecule has 0 aliphatic heterocycles. The van der Waals surface area contributed by atoms with Gasteiger partial charge in [0.2, 0.25) is 5.95 Å². The molecule has 5 nitrogen and oxygen atoms in total. The highest BCUT2D eigenvalue weighted by Gasteiger charge is 2.23. The van der Waals surface area contributed by atoms with E-state index in [1.54, 1.807) is 0 Å². The van der Waals surface area contributed by atoms with Crippen molar-refractivity contribution in [3.05, 3.63) is 200 Å². The molecule has 0 saturated carbocycles. The van der Waals surface area contributed by atoms with Crippen LogP contribution in [0.15, 0.2) is 200 Å². The number of hydrogen-bond donors (Lipinski definition) is 0. The monoisotopic (exact) mass is 715 g/mol. The SMILES string of the molecule is c1ccc(-c2ccc(-c3cccc(-c4nc(-c5ccccc5)nc(-n5c6ccccc6c6c5ccc5c7ccccc7n(-c7ccccc7)c56)n4)c3)cc2)cc1. The van der Waals surface area contributed by atoms with E-state index in [2.05, 4.69) is 185 Å². The standard InChI is InChI=1S/C51H33N5/c1-4-15-34(16-5-1)35-27-29-36(30-28-35)38-19-14-20-39(33-38)50-52-49(37-17-6-2-7-18-37)53-51(54-50)56-45-26-13-11-24-43(45)47-46(56)32-31-42-41-23-10-12-25-44(41)55(48(42)47)40-21-8-3-9-22-40/h1-33H. The first kappa shape index (κ1) is 31.9. The van der Waals surface area contributed by atoms with Gasteiger partial charge < -0.3 is 4.57 Å². The summed E-state index contributed by atoms with van der Waals surface area (Å²) in [6, 6.07) is 70.3. The largest absolute Gasteiger partial charge is 0.309 e. The Hall–Kier alpha value is -7.63. The van der Waals surface area contributed by atoms with Crippen molar-refractivity contribution in [2.45, 2.75) is 0 Å². The lowest BCUT2D eigenvalue weighted by atomic mass is 9.99. The van der Waals surface area contributed by atoms with Gasteiger partial charge in [0, 0.05) is 38.4 Å². The zero-order chi connectivity index (χ0) is 37.0. The van der Waals surface area contributed by atoms with E-state index in [1.807, 2.05) is 24.3 Å². The van der Waals surface area contributed by atoms with E-state index in [-0.39, 0.29) is 0 Å². The molecule has 0 atom stereocenters. The third-order valence-corrected chi connectivity index (χ3v) is 10.8. The zero-order valence-corrected chi connectivity index (χ0v) is 30.3. The zero-order valence-electron chi connectivity index (χ0n) is 30.3. The Kier molecular flexibility index (Phi) is 7.42. The van der Waals surface area contributed by atoms with Gasteiger partial charge in [-0.2, -0.15) is 9.97 Å². The lowest BCUT2D eigenvalue weighted by molar-refractivity contribution is 0.953. The molecule has 8 aromatic carbocycles. The summed E-state index contributed by atoms with van der Waals surface area (Å²) in [5, 5.41) is 4.71. The van der Waals surface area contributed by atoms with Crippen LogP contribution in [0.1, 0.15) is 0 Å². The number of benzene rings is 8. The van der Waals surface area contributed by atoms with Crippen LogP contribution in [-0.2, 0) is 0 Å². The fourth-order valence-corrected chi connectivity index (χ4v) is 8.20. The molecule has 0 aliphatic rings. The fraction of sp³-hybridized carbons (Fsp3) is 0. The molecule has 0 bridgehead atoms. The molecule has 3 heterocycles. The average molecular weight is 716 g/mol. The normalized spacial score (nSPS) is 11.6. The Balaban J connectivity index is 1.14. The average Bonchev–Trinajstić information content (AvgIpc) is 3.80. The van der Waals surface area contributed by atoms with Crippen LogP contribution < -0.4 is 0 Å². The maximum Gasteiger partial charge on any atom is 0.238 e. The summed E-state index contributed by atoms with van der Waals surface area (Å²) in [7, 11) is 0. The number of hydrogen-bond acceptors (Lipinski definition) is 3. The van der Waals surface area contributed by atoms with Crippen molar-refractivity contribution in [2.24, 2.45) is 0 Å². The maximum absolute atomic E-state index is 5.30. The summed E-state index contributed by atoms with van der Waals surface area (Å²) < 4.78 is 4.61. The molecule has 0 N–H and O–H groups in total. The van der Waals surface area contributed by atoms with Crippen LogP contribution >= 0.6 is 0 Å². The van der Waals surface area contributed by atoms with Gasteiger partial charge >= 0.3 is 0 Å². The highest BCUT2D eigenvalue weighted by atomic mass is 15.2. The fourth-order valence-electron chi connectivity index (χ4n) is 8.20. The molecule has 0 saturated heterocycles. The number of fused-ring (bicyclic) bond motifs is 7. The van der Waals surface area contributed by atoms with Crippen LogP contribution in [0.3, 0.4) is 0 Å². The van der Waals surface area contributed by atoms with Gasteiger partial charge in [-0.3, -0.25) is 4.57 Å². The summed E-state index contributed by atoms with van der Waals surface area (Å²) >= 11 is 0. The Morgan fingerprint density at radius 1 is 0.304 bits per heavy atom. The van der Waals surface area contributed by atoms with E-state index in [1.165, 1.54) is 27.4 Å². The predicted molar refractivity (Wildman–Crippen MR) is 230 cm³/mol. The smallest absolute Gasteiger partial charge is 0.238 e. The Labute approximate surface area is 323 Å². The van der Waals surface area contributed by atoms with Crippen molar-refractivity contribution in [1.82, 2.24) is 24.1 Å². The highest BCUT2D eigenvalue weighted by molar-refractivity contribution is 6.26. The maximum atomic E-state index is 5.30. The van der Waals surface area contributed by atoms with E-state index >= 15 is 0 Å². The second-order valence-corrected chi connectivity index (χ2v) is 14.1. The van der Waals surface area contributed by atoms with Crippen LogP contribution in [0, 0.1) is 0 Å². The third-order valence-electron chi connectivity index (χ3n) is 10.8. The summed E-state index contributed by atoms with van der Waals surface area (Å²) in [5.74, 6) is 1.80. The Morgan fingerprint density at radius 3 is 1.54 bits per heavy atom. The molecular formula is C51H33N5. The van der Waals surface area contributed by atoms with Crippen LogP contribution in [-0.4, -0.2) is 24.1 Å². The third kappa shape index (κ3) is 5.21. The number of para-hydroxylation sites is 3. The van der Waals surface area contributed by atoms with Crippen molar-refractivity contribution in [3.63, 3.8) is 0 Å². The quantitative estimate of drug-likeness (QED) is 0.172. The number of nitrogens with zero attached hydrogens (tertiary/aromatic N) is 5. The molecule has 0 fully saturated rings. The molecule has 0 unspecified atom stereocenters. The van der Waals surface area contributed by atoms with Gasteiger partial charge in [0.15, 0.2) is 11.6 Å². The number of rotatable bonds is 6. The van der Waals surface area contributed by atoms with Crippen molar-refractivity contribution in [3.8, 4) is 56.7 Å². The highest BCUT2D eigenvalue weighted by Crippen LogP contribution is 2.42. The van der Waals surface area contributed by atoms with Crippen LogP contribution in [0.5, 0.6) is 0 Å². The van der Waals surface area contributed by atoms with Crippen molar-refractivity contribution < 1.29 is 0 Å². The molecule has 11 aromatic rings. The lowest BCUT2D eigenvalue weighted by Crippen LogP contribution is -2.06. The Bertz CT molecular complexity index is 3220. The minimum absolute atomic E-state index is 0.569. The molecule has 0 spiro atoms. The Morgan fingerprint density at radius 2 is 0.821 bits per heavy atom. The molecule has 262 valence electrons. The van der Waals surface area contributed by atoms with E-state index in [9.17, 15) is 0 Å². The van der Waals surface area contributed by atoms with Crippen LogP contribution in [0.25, 0.3) is 100 Å². The van der Waals surface area contributed by atoms with Crippen LogP contribution in [0.2, 0.25) is 0 Å². The van der Waals surface area contributed by atoms with Gasteiger partial charge in [0.05, 0.1) is 22.1 Å². The molecule has 56 heavy (non-hydrogen) atoms. The van der Waals surface area contributed by atoms with Crippen molar-refractivity contribution >= 4 is 43.6 Å². The summed E-state index contributed by atoms with van der Waals surface area (Å²) in [6.07, 6.45) is 0. The first-order valence-corrected chi connectivity index (χ1v) is 18.9. The summed E-state index contributed by atoms with van der Waals surface area (Å²) in [5.41, 5.74) is 12.0. The summed E-state index contributed by atoms with van der Waals surface area (Å²) in [4.78, 5) is 15.7. The molecule has 0 amide bonds. The van der Waals surface area contributed by atoms with E-state index in [0.29, 0.717) is 17.6 Å². The predicted octanol–water partition coefficient (Wildman–Crippen LogP) is 12.7.